The van der Waals surface area contributed by atoms with Crippen molar-refractivity contribution in [1.82, 2.24) is 36.6 Å². The van der Waals surface area contributed by atoms with Crippen LogP contribution in [0.3, 0.4) is 0 Å². The number of halogens is 3. The van der Waals surface area contributed by atoms with Crippen LogP contribution in [0.2, 0.25) is 0 Å². The fourth-order valence-electron chi connectivity index (χ4n) is 5.49. The fourth-order valence-corrected chi connectivity index (χ4v) is 6.80. The molecule has 4 aliphatic heterocycles. The first-order valence-corrected chi connectivity index (χ1v) is 13.2. The fraction of sp³-hybridized carbons (Fsp3) is 0.952. The second-order valence-electron chi connectivity index (χ2n) is 10.1. The van der Waals surface area contributed by atoms with E-state index in [4.69, 9.17) is 0 Å². The Morgan fingerprint density at radius 1 is 1.24 bits per heavy atom. The zero-order valence-corrected chi connectivity index (χ0v) is 20.6. The topological polar surface area (TPSA) is 104 Å². The van der Waals surface area contributed by atoms with Crippen molar-refractivity contribution in [3.05, 3.63) is 0 Å². The number of aliphatic hydroxyl groups excluding tert-OH is 1. The first kappa shape index (κ1) is 26.4. The Kier molecular flexibility index (Phi) is 8.66. The quantitative estimate of drug-likeness (QED) is 0.294. The van der Waals surface area contributed by atoms with Gasteiger partial charge in [-0.3, -0.25) is 25.2 Å². The van der Waals surface area contributed by atoms with Crippen molar-refractivity contribution in [2.75, 3.05) is 33.4 Å². The molecule has 0 radical (unpaired) electrons. The lowest BCUT2D eigenvalue weighted by molar-refractivity contribution is -0.169. The van der Waals surface area contributed by atoms with Crippen molar-refractivity contribution in [1.29, 1.82) is 0 Å². The Morgan fingerprint density at radius 3 is 2.68 bits per heavy atom. The van der Waals surface area contributed by atoms with Crippen molar-refractivity contribution in [3.63, 3.8) is 0 Å². The molecule has 0 aromatic rings. The molecule has 6 unspecified atom stereocenters. The summed E-state index contributed by atoms with van der Waals surface area (Å²) in [5, 5.41) is 19.0. The van der Waals surface area contributed by atoms with E-state index >= 15 is 0 Å². The van der Waals surface area contributed by atoms with Gasteiger partial charge in [0.25, 0.3) is 0 Å². The Labute approximate surface area is 203 Å². The van der Waals surface area contributed by atoms with E-state index in [9.17, 15) is 23.1 Å². The second kappa shape index (κ2) is 11.2. The third kappa shape index (κ3) is 6.55. The zero-order chi connectivity index (χ0) is 24.5. The minimum atomic E-state index is -4.42. The molecule has 0 aliphatic carbocycles. The van der Waals surface area contributed by atoms with E-state index < -0.39 is 30.3 Å². The lowest BCUT2D eigenvalue weighted by atomic mass is 9.90. The largest absolute Gasteiger partial charge is 0.403 e. The number of nitrogens with zero attached hydrogens (tertiary/aromatic N) is 2. The van der Waals surface area contributed by atoms with Gasteiger partial charge in [-0.2, -0.15) is 13.2 Å². The number of alkyl halides is 3. The van der Waals surface area contributed by atoms with E-state index in [1.165, 1.54) is 0 Å². The summed E-state index contributed by atoms with van der Waals surface area (Å²) in [4.78, 5) is 17.2. The number of aliphatic hydroxyl groups is 1. The minimum absolute atomic E-state index is 0.100. The Balaban J connectivity index is 1.33. The average molecular weight is 510 g/mol. The maximum Gasteiger partial charge on any atom is 0.403 e. The lowest BCUT2D eigenvalue weighted by Crippen LogP contribution is -2.63. The van der Waals surface area contributed by atoms with Crippen molar-refractivity contribution < 1.29 is 23.1 Å². The monoisotopic (exact) mass is 509 g/mol. The molecule has 34 heavy (non-hydrogen) atoms. The van der Waals surface area contributed by atoms with E-state index in [2.05, 4.69) is 38.6 Å². The van der Waals surface area contributed by atoms with Crippen molar-refractivity contribution in [3.8, 4) is 0 Å². The molecular weight excluding hydrogens is 471 g/mol. The summed E-state index contributed by atoms with van der Waals surface area (Å²) in [5.74, 6) is -0.00744. The second-order valence-corrected chi connectivity index (χ2v) is 11.6. The number of hydrogen-bond donors (Lipinski definition) is 6. The van der Waals surface area contributed by atoms with Crippen molar-refractivity contribution >= 4 is 17.7 Å². The van der Waals surface area contributed by atoms with Crippen LogP contribution in [0.5, 0.6) is 0 Å². The number of piperidine rings is 2. The van der Waals surface area contributed by atoms with Crippen LogP contribution in [0.1, 0.15) is 39.0 Å². The number of likely N-dealkylation sites (tertiary alicyclic amines) is 1. The molecule has 4 saturated heterocycles. The van der Waals surface area contributed by atoms with E-state index in [-0.39, 0.29) is 24.1 Å². The molecule has 0 aromatic heterocycles. The smallest absolute Gasteiger partial charge is 0.392 e. The number of rotatable bonds is 6. The molecule has 6 N–H and O–H groups in total. The molecule has 4 heterocycles. The predicted molar refractivity (Wildman–Crippen MR) is 124 cm³/mol. The van der Waals surface area contributed by atoms with E-state index in [0.717, 1.165) is 26.1 Å². The van der Waals surface area contributed by atoms with Gasteiger partial charge in [-0.05, 0) is 51.6 Å². The average Bonchev–Trinajstić information content (AvgIpc) is 3.41. The third-order valence-corrected chi connectivity index (χ3v) is 9.11. The maximum atomic E-state index is 13.6. The lowest BCUT2D eigenvalue weighted by Gasteiger charge is -2.41. The van der Waals surface area contributed by atoms with E-state index in [1.807, 2.05) is 23.7 Å². The van der Waals surface area contributed by atoms with Gasteiger partial charge in [-0.25, -0.2) is 10.9 Å². The molecule has 4 rings (SSSR count). The number of amides is 1. The van der Waals surface area contributed by atoms with Gasteiger partial charge in [0.15, 0.2) is 0 Å². The Bertz CT molecular complexity index is 706. The zero-order valence-electron chi connectivity index (χ0n) is 19.8. The number of carbonyl (C=O) groups is 1. The number of thioether (sulfide) groups is 1. The highest BCUT2D eigenvalue weighted by Crippen LogP contribution is 2.33. The van der Waals surface area contributed by atoms with Crippen LogP contribution >= 0.6 is 11.8 Å². The Hall–Kier alpha value is -0.670. The summed E-state index contributed by atoms with van der Waals surface area (Å²) in [6, 6.07) is -3.03. The third-order valence-electron chi connectivity index (χ3n) is 7.56. The summed E-state index contributed by atoms with van der Waals surface area (Å²) >= 11 is 1.84. The van der Waals surface area contributed by atoms with Crippen LogP contribution < -0.4 is 26.8 Å². The number of β-amino-alcohol motifs (C(OH)–C–C–N with tert-alkyl or cyclic N) is 1. The standard InChI is InChI=1S/C21H38F3N7O2S/c1-12(34-20-29-26-11-30(20)2)13-3-5-25-18(7-13)28-19(33)16-8-14(31-6-4-15(32)10-31)9-17(27-16)21(22,23)24/h12-18,20,25-27,29,32H,3-11H2,1-2H3,(H,28,33)/t12-,13?,14?,15-,16?,17?,18?,20?/m0/s1. The molecule has 1 amide bonds. The van der Waals surface area contributed by atoms with Crippen molar-refractivity contribution in [2.24, 2.45) is 5.92 Å². The van der Waals surface area contributed by atoms with Crippen molar-refractivity contribution in [2.45, 2.75) is 86.3 Å². The highest BCUT2D eigenvalue weighted by Gasteiger charge is 2.48. The predicted octanol–water partition coefficient (Wildman–Crippen LogP) is -0.0512. The van der Waals surface area contributed by atoms with Crippen LogP contribution in [0.4, 0.5) is 13.2 Å². The van der Waals surface area contributed by atoms with Gasteiger partial charge in [-0.1, -0.05) is 6.92 Å². The van der Waals surface area contributed by atoms with Crippen LogP contribution in [-0.2, 0) is 4.79 Å². The summed E-state index contributed by atoms with van der Waals surface area (Å²) in [7, 11) is 2.05. The van der Waals surface area contributed by atoms with E-state index in [0.29, 0.717) is 37.1 Å². The van der Waals surface area contributed by atoms with Crippen LogP contribution in [-0.4, -0.2) is 101 Å². The van der Waals surface area contributed by atoms with Gasteiger partial charge in [0.05, 0.1) is 25.0 Å². The number of nitrogens with one attached hydrogen (secondary N) is 5. The molecule has 4 aliphatic rings. The van der Waals surface area contributed by atoms with E-state index in [1.54, 1.807) is 0 Å². The van der Waals surface area contributed by atoms with Crippen LogP contribution in [0.15, 0.2) is 0 Å². The van der Waals surface area contributed by atoms with Gasteiger partial charge in [0.1, 0.15) is 11.5 Å². The molecule has 0 saturated carbocycles. The normalized spacial score (nSPS) is 39.3. The number of carbonyl (C=O) groups excluding carboxylic acids is 1. The number of hydrogen-bond acceptors (Lipinski definition) is 9. The molecule has 8 atom stereocenters. The summed E-state index contributed by atoms with van der Waals surface area (Å²) < 4.78 is 40.9. The molecule has 0 aromatic carbocycles. The molecular formula is C21H38F3N7O2S. The SMILES string of the molecule is C[C@H](SC1NNCN1C)C1CCNC(NC(=O)C2CC(N3CC[C@H](O)C3)CC(C(F)(F)F)N2)C1. The molecule has 0 bridgehead atoms. The highest BCUT2D eigenvalue weighted by atomic mass is 32.2. The summed E-state index contributed by atoms with van der Waals surface area (Å²) in [6.45, 7) is 4.65. The number of hydrazine groups is 1. The van der Waals surface area contributed by atoms with Gasteiger partial charge >= 0.3 is 6.18 Å². The maximum absolute atomic E-state index is 13.6. The highest BCUT2D eigenvalue weighted by molar-refractivity contribution is 8.00. The van der Waals surface area contributed by atoms with Gasteiger partial charge in [0.2, 0.25) is 5.91 Å². The minimum Gasteiger partial charge on any atom is -0.392 e. The first-order chi connectivity index (χ1) is 16.1. The summed E-state index contributed by atoms with van der Waals surface area (Å²) in [6.07, 6.45) is -2.71. The Morgan fingerprint density at radius 2 is 2.03 bits per heavy atom. The molecule has 0 spiro atoms. The first-order valence-electron chi connectivity index (χ1n) is 12.2. The molecule has 13 heteroatoms. The molecule has 196 valence electrons. The molecule has 9 nitrogen and oxygen atoms in total. The van der Waals surface area contributed by atoms with Crippen LogP contribution in [0, 0.1) is 5.92 Å². The molecule has 4 fully saturated rings. The van der Waals surface area contributed by atoms with Gasteiger partial charge in [-0.15, -0.1) is 11.8 Å². The summed E-state index contributed by atoms with van der Waals surface area (Å²) in [5.41, 5.74) is 6.55. The van der Waals surface area contributed by atoms with Gasteiger partial charge < -0.3 is 10.4 Å². The van der Waals surface area contributed by atoms with Gasteiger partial charge in [0, 0.05) is 24.4 Å². The van der Waals surface area contributed by atoms with Crippen LogP contribution in [0.25, 0.3) is 0 Å².